The number of fused-ring (bicyclic) bond motifs is 7. The van der Waals surface area contributed by atoms with Crippen LogP contribution in [-0.2, 0) is 41.8 Å². The summed E-state index contributed by atoms with van der Waals surface area (Å²) in [7, 11) is 0. The monoisotopic (exact) mass is 660 g/mol. The zero-order valence-electron chi connectivity index (χ0n) is 27.4. The Morgan fingerprint density at radius 3 is 2.73 bits per heavy atom. The summed E-state index contributed by atoms with van der Waals surface area (Å²) in [6.07, 6.45) is 8.48. The first-order chi connectivity index (χ1) is 23.5. The van der Waals surface area contributed by atoms with Crippen molar-refractivity contribution in [1.29, 1.82) is 0 Å². The molecular weight excluding hydrogens is 624 g/mol. The topological polar surface area (TPSA) is 184 Å². The average Bonchev–Trinajstić information content (AvgIpc) is 3.39. The van der Waals surface area contributed by atoms with Gasteiger partial charge in [0.25, 0.3) is 0 Å². The summed E-state index contributed by atoms with van der Waals surface area (Å²) in [6.45, 7) is 4.88. The summed E-state index contributed by atoms with van der Waals surface area (Å²) in [5.41, 5.74) is 19.4. The van der Waals surface area contributed by atoms with E-state index in [2.05, 4.69) is 16.0 Å². The van der Waals surface area contributed by atoms with E-state index in [0.29, 0.717) is 53.3 Å². The summed E-state index contributed by atoms with van der Waals surface area (Å²) < 4.78 is 19.7. The minimum absolute atomic E-state index is 0.0384. The number of nitrogen functional groups attached to an aromatic ring is 2. The number of aromatic hydroxyl groups is 1. The molecule has 4 aliphatic rings. The number of nitrogens with two attached hydrogens (primary N) is 2. The zero-order valence-corrected chi connectivity index (χ0v) is 27.4. The van der Waals surface area contributed by atoms with Gasteiger partial charge in [-0.25, -0.2) is 14.8 Å². The number of rotatable bonds is 3. The van der Waals surface area contributed by atoms with Gasteiger partial charge in [0.2, 0.25) is 0 Å². The molecule has 0 saturated carbocycles. The Morgan fingerprint density at radius 2 is 1.96 bits per heavy atom. The van der Waals surface area contributed by atoms with Gasteiger partial charge in [-0.2, -0.15) is 0 Å². The van der Waals surface area contributed by atoms with Gasteiger partial charge in [0.05, 0.1) is 0 Å². The highest BCUT2D eigenvalue weighted by Gasteiger charge is 2.54. The fourth-order valence-corrected chi connectivity index (χ4v) is 8.12. The Hall–Kier alpha value is -5.42. The van der Waals surface area contributed by atoms with Gasteiger partial charge in [-0.1, -0.05) is 17.7 Å². The van der Waals surface area contributed by atoms with Crippen molar-refractivity contribution in [3.63, 3.8) is 0 Å². The third kappa shape index (κ3) is 4.59. The number of hydrogen-bond donors (Lipinski definition) is 4. The van der Waals surface area contributed by atoms with E-state index in [4.69, 9.17) is 25.4 Å². The molecule has 0 fully saturated rings. The summed E-state index contributed by atoms with van der Waals surface area (Å²) in [5, 5.41) is 21.8. The number of carbonyl (C=O) groups is 1. The largest absolute Gasteiger partial charge is 0.507 e. The van der Waals surface area contributed by atoms with E-state index in [1.165, 1.54) is 11.6 Å². The molecule has 49 heavy (non-hydrogen) atoms. The molecule has 1 aromatic carbocycles. The van der Waals surface area contributed by atoms with Crippen LogP contribution in [0.1, 0.15) is 66.3 Å². The third-order valence-corrected chi connectivity index (χ3v) is 10.8. The minimum atomic E-state index is -1.21. The molecule has 4 aromatic rings. The molecule has 5 heterocycles. The number of anilines is 2. The molecule has 6 N–H and O–H groups in total. The van der Waals surface area contributed by atoms with E-state index in [1.54, 1.807) is 32.3 Å². The quantitative estimate of drug-likeness (QED) is 0.178. The molecule has 250 valence electrons. The van der Waals surface area contributed by atoms with Crippen molar-refractivity contribution in [2.45, 2.75) is 71.2 Å². The van der Waals surface area contributed by atoms with Crippen molar-refractivity contribution in [3.05, 3.63) is 109 Å². The van der Waals surface area contributed by atoms with E-state index >= 15 is 0 Å². The normalized spacial score (nSPS) is 22.4. The number of aliphatic hydroxyl groups is 1. The maximum absolute atomic E-state index is 13.5. The van der Waals surface area contributed by atoms with Crippen molar-refractivity contribution in [2.24, 2.45) is 5.92 Å². The van der Waals surface area contributed by atoms with Crippen LogP contribution in [0.2, 0.25) is 0 Å². The lowest BCUT2D eigenvalue weighted by atomic mass is 9.69. The van der Waals surface area contributed by atoms with Crippen LogP contribution in [0.25, 0.3) is 16.5 Å². The first-order valence-corrected chi connectivity index (χ1v) is 16.4. The molecule has 3 atom stereocenters. The predicted octanol–water partition coefficient (Wildman–Crippen LogP) is 4.62. The number of benzene rings is 1. The molecule has 11 heteroatoms. The second-order valence-electron chi connectivity index (χ2n) is 13.5. The number of phenolic OH excluding ortho intramolecular Hbond substituents is 1. The van der Waals surface area contributed by atoms with Crippen molar-refractivity contribution in [2.75, 3.05) is 11.5 Å². The van der Waals surface area contributed by atoms with Crippen molar-refractivity contribution in [3.8, 4) is 11.5 Å². The molecular formula is C38H36N4O7. The summed E-state index contributed by atoms with van der Waals surface area (Å²) in [4.78, 5) is 36.0. The fraction of sp³-hybridized carbons (Fsp3) is 0.316. The van der Waals surface area contributed by atoms with Crippen molar-refractivity contribution in [1.82, 2.24) is 9.97 Å². The van der Waals surface area contributed by atoms with Crippen LogP contribution in [0.5, 0.6) is 11.5 Å². The summed E-state index contributed by atoms with van der Waals surface area (Å²) in [5.74, 6) is -0.0478. The number of hydrogen-bond acceptors (Lipinski definition) is 11. The number of phenols is 1. The molecule has 0 spiro atoms. The number of aromatic nitrogens is 2. The Kier molecular flexibility index (Phi) is 6.97. The van der Waals surface area contributed by atoms with Crippen molar-refractivity contribution < 1.29 is 28.9 Å². The molecule has 11 nitrogen and oxygen atoms in total. The highest BCUT2D eigenvalue weighted by molar-refractivity contribution is 5.94. The number of carbonyl (C=O) groups excluding carboxylic acids is 1. The average molecular weight is 661 g/mol. The summed E-state index contributed by atoms with van der Waals surface area (Å²) in [6, 6.07) is 4.98. The molecule has 0 unspecified atom stereocenters. The van der Waals surface area contributed by atoms with Gasteiger partial charge in [-0.15, -0.1) is 0 Å². The highest BCUT2D eigenvalue weighted by atomic mass is 16.6. The van der Waals surface area contributed by atoms with Crippen LogP contribution >= 0.6 is 0 Å². The molecule has 2 aliphatic heterocycles. The SMILES string of the molecule is C/C=C(/C)C(=O)O[C@@H]1Cc2c3c(c4oc(CO)cc(=O)c4c2O)Cc2ccnc(N)c2C2=CCC4=C2[C@H](Cc2cnc(N)cc2C4)[C@]1(C)O3. The number of ether oxygens (including phenoxy) is 2. The Morgan fingerprint density at radius 1 is 1.14 bits per heavy atom. The van der Waals surface area contributed by atoms with E-state index in [9.17, 15) is 19.8 Å². The second kappa shape index (κ2) is 11.1. The van der Waals surface area contributed by atoms with Crippen molar-refractivity contribution >= 4 is 34.1 Å². The van der Waals surface area contributed by atoms with E-state index in [-0.39, 0.29) is 35.3 Å². The van der Waals surface area contributed by atoms with Crippen LogP contribution in [0, 0.1) is 5.92 Å². The van der Waals surface area contributed by atoms with Gasteiger partial charge in [-0.05, 0) is 80.0 Å². The van der Waals surface area contributed by atoms with Crippen LogP contribution in [0.15, 0.2) is 68.7 Å². The lowest BCUT2D eigenvalue weighted by molar-refractivity contribution is -0.162. The fourth-order valence-electron chi connectivity index (χ4n) is 8.12. The third-order valence-electron chi connectivity index (χ3n) is 10.8. The molecule has 0 amide bonds. The van der Waals surface area contributed by atoms with Gasteiger partial charge in [0.1, 0.15) is 52.6 Å². The van der Waals surface area contributed by atoms with Crippen LogP contribution in [-0.4, -0.2) is 37.9 Å². The zero-order chi connectivity index (χ0) is 34.4. The number of esters is 1. The minimum Gasteiger partial charge on any atom is -0.507 e. The van der Waals surface area contributed by atoms with Gasteiger partial charge >= 0.3 is 5.97 Å². The number of pyridine rings is 2. The first kappa shape index (κ1) is 30.9. The van der Waals surface area contributed by atoms with Gasteiger partial charge in [0, 0.05) is 59.5 Å². The Labute approximate surface area is 281 Å². The molecule has 0 radical (unpaired) electrons. The van der Waals surface area contributed by atoms with E-state index < -0.39 is 35.6 Å². The molecule has 2 bridgehead atoms. The van der Waals surface area contributed by atoms with E-state index in [1.807, 2.05) is 19.1 Å². The molecule has 0 saturated heterocycles. The highest BCUT2D eigenvalue weighted by Crippen LogP contribution is 2.56. The number of nitrogens with zero attached hydrogens (tertiary/aromatic N) is 2. The Balaban J connectivity index is 1.48. The Bertz CT molecular complexity index is 2280. The summed E-state index contributed by atoms with van der Waals surface area (Å²) >= 11 is 0. The molecule has 2 aliphatic carbocycles. The van der Waals surface area contributed by atoms with Crippen LogP contribution < -0.4 is 21.6 Å². The first-order valence-electron chi connectivity index (χ1n) is 16.4. The maximum Gasteiger partial charge on any atom is 0.333 e. The van der Waals surface area contributed by atoms with E-state index in [0.717, 1.165) is 33.4 Å². The van der Waals surface area contributed by atoms with Crippen LogP contribution in [0.4, 0.5) is 11.6 Å². The second-order valence-corrected chi connectivity index (χ2v) is 13.5. The number of aliphatic hydroxyl groups excluding tert-OH is 1. The maximum atomic E-state index is 13.5. The molecule has 8 rings (SSSR count). The lowest BCUT2D eigenvalue weighted by Crippen LogP contribution is -2.57. The standard InChI is InChI=1S/C38H36N4O7/c1-4-17(2)37(46)48-28-14-24-33(45)32-27(44)13-22(16-43)47-35(32)25-10-19-7-8-41-36(40)31(19)23-6-5-18-9-20-12-29(39)42-15-21(20)11-26(30(18)23)38(28,3)49-34(24)25/h4,6-8,12-13,15,26,28,43,45H,5,9-11,14,16H2,1-3H3,(H2,39,42)(H2,40,41)/b17-4-/t26-,28+,38-/m0/s1. The lowest BCUT2D eigenvalue weighted by Gasteiger charge is -2.48. The predicted molar refractivity (Wildman–Crippen MR) is 183 cm³/mol. The van der Waals surface area contributed by atoms with Gasteiger partial charge in [0.15, 0.2) is 11.0 Å². The van der Waals surface area contributed by atoms with Gasteiger partial charge in [-0.3, -0.25) is 4.79 Å². The number of allylic oxidation sites excluding steroid dienone is 4. The van der Waals surface area contributed by atoms with Gasteiger partial charge < -0.3 is 35.6 Å². The van der Waals surface area contributed by atoms with Crippen LogP contribution in [0.3, 0.4) is 0 Å². The molecule has 3 aromatic heterocycles. The smallest absolute Gasteiger partial charge is 0.333 e.